The number of ether oxygens (including phenoxy) is 2. The van der Waals surface area contributed by atoms with Crippen molar-refractivity contribution in [2.45, 2.75) is 26.3 Å². The van der Waals surface area contributed by atoms with Crippen molar-refractivity contribution in [3.05, 3.63) is 65.7 Å². The minimum absolute atomic E-state index is 0. The van der Waals surface area contributed by atoms with E-state index in [1.54, 1.807) is 14.2 Å². The van der Waals surface area contributed by atoms with Crippen LogP contribution in [0.5, 0.6) is 11.5 Å². The van der Waals surface area contributed by atoms with Gasteiger partial charge >= 0.3 is 0 Å². The molecule has 0 spiro atoms. The van der Waals surface area contributed by atoms with Crippen LogP contribution in [0, 0.1) is 0 Å². The van der Waals surface area contributed by atoms with Crippen LogP contribution in [-0.2, 0) is 6.42 Å². The highest BCUT2D eigenvalue weighted by molar-refractivity contribution is 7.59. The first-order valence-corrected chi connectivity index (χ1v) is 9.00. The van der Waals surface area contributed by atoms with Crippen LogP contribution in [0.25, 0.3) is 10.8 Å². The van der Waals surface area contributed by atoms with Crippen LogP contribution < -0.4 is 9.47 Å². The summed E-state index contributed by atoms with van der Waals surface area (Å²) < 4.78 is 13.6. The van der Waals surface area contributed by atoms with Gasteiger partial charge in [-0.05, 0) is 30.0 Å². The highest BCUT2D eigenvalue weighted by Crippen LogP contribution is 2.36. The van der Waals surface area contributed by atoms with Gasteiger partial charge in [-0.3, -0.25) is 0 Å². The number of fused-ring (bicyclic) bond motifs is 2. The molecule has 0 unspecified atom stereocenters. The minimum Gasteiger partial charge on any atom is -0.497 e. The zero-order valence-corrected chi connectivity index (χ0v) is 17.2. The van der Waals surface area contributed by atoms with E-state index >= 15 is 0 Å². The second-order valence-corrected chi connectivity index (χ2v) is 6.87. The van der Waals surface area contributed by atoms with Gasteiger partial charge < -0.3 is 9.47 Å². The zero-order valence-electron chi connectivity index (χ0n) is 16.2. The van der Waals surface area contributed by atoms with Crippen LogP contribution in [0.3, 0.4) is 0 Å². The summed E-state index contributed by atoms with van der Waals surface area (Å²) >= 11 is 0. The van der Waals surface area contributed by atoms with E-state index in [4.69, 9.17) is 9.47 Å². The maximum atomic E-state index is 5.70. The Hall–Kier alpha value is -2.46. The topological polar surface area (TPSA) is 21.5 Å². The summed E-state index contributed by atoms with van der Waals surface area (Å²) in [6, 6.07) is 19.5. The molecule has 3 aromatic carbocycles. The Balaban J connectivity index is 0.00000210. The largest absolute Gasteiger partial charge is 0.497 e. The van der Waals surface area contributed by atoms with Gasteiger partial charge in [-0.1, -0.05) is 30.3 Å². The Labute approximate surface area is 167 Å². The van der Waals surface area contributed by atoms with Crippen LogP contribution in [0.15, 0.2) is 54.6 Å². The van der Waals surface area contributed by atoms with Crippen molar-refractivity contribution in [2.24, 2.45) is 0 Å². The third-order valence-electron chi connectivity index (χ3n) is 5.32. The minimum atomic E-state index is 0. The second-order valence-electron chi connectivity index (χ2n) is 6.87. The molecule has 1 aliphatic rings. The number of rotatable bonds is 3. The van der Waals surface area contributed by atoms with E-state index in [9.17, 15) is 0 Å². The van der Waals surface area contributed by atoms with E-state index in [1.807, 2.05) is 6.07 Å². The van der Waals surface area contributed by atoms with E-state index in [-0.39, 0.29) is 13.5 Å². The molecule has 3 aromatic rings. The second kappa shape index (κ2) is 7.65. The molecule has 0 radical (unpaired) electrons. The number of hydrogen-bond acceptors (Lipinski definition) is 2. The van der Waals surface area contributed by atoms with Gasteiger partial charge in [0.1, 0.15) is 11.5 Å². The molecule has 0 saturated carbocycles. The summed E-state index contributed by atoms with van der Waals surface area (Å²) in [5, 5.41) is 2.54. The van der Waals surface area contributed by atoms with Gasteiger partial charge in [0.15, 0.2) is 11.8 Å². The lowest BCUT2D eigenvalue weighted by Crippen LogP contribution is -2.33. The van der Waals surface area contributed by atoms with Gasteiger partial charge in [0.25, 0.3) is 0 Å². The van der Waals surface area contributed by atoms with Crippen molar-refractivity contribution in [3.8, 4) is 11.5 Å². The van der Waals surface area contributed by atoms with E-state index < -0.39 is 0 Å². The summed E-state index contributed by atoms with van der Waals surface area (Å²) in [7, 11) is 3.43. The molecule has 1 heterocycles. The van der Waals surface area contributed by atoms with Crippen LogP contribution in [-0.4, -0.2) is 30.5 Å². The molecule has 0 saturated heterocycles. The van der Waals surface area contributed by atoms with Gasteiger partial charge in [0.2, 0.25) is 5.69 Å². The average molecular weight is 381 g/mol. The van der Waals surface area contributed by atoms with Crippen LogP contribution in [0.4, 0.5) is 5.69 Å². The summed E-state index contributed by atoms with van der Waals surface area (Å²) in [6.45, 7) is 4.46. The molecule has 0 bridgehead atoms. The molecule has 3 nitrogen and oxygen atoms in total. The SMILES string of the molecule is COc1cc2c(c(OC)c1)C(C)=[N+](c1cccc3ccccc13)[C@@H](C)C2.S. The molecule has 4 rings (SSSR count). The summed E-state index contributed by atoms with van der Waals surface area (Å²) in [6.07, 6.45) is 0.948. The Morgan fingerprint density at radius 3 is 2.44 bits per heavy atom. The van der Waals surface area contributed by atoms with Crippen molar-refractivity contribution in [1.82, 2.24) is 0 Å². The van der Waals surface area contributed by atoms with Gasteiger partial charge in [-0.2, -0.15) is 18.1 Å². The van der Waals surface area contributed by atoms with Crippen molar-refractivity contribution < 1.29 is 14.0 Å². The third kappa shape index (κ3) is 3.19. The van der Waals surface area contributed by atoms with Crippen molar-refractivity contribution in [1.29, 1.82) is 0 Å². The van der Waals surface area contributed by atoms with Crippen LogP contribution in [0.2, 0.25) is 0 Å². The Kier molecular flexibility index (Phi) is 5.47. The Morgan fingerprint density at radius 2 is 1.70 bits per heavy atom. The Bertz CT molecular complexity index is 1020. The normalized spacial score (nSPS) is 15.9. The molecule has 1 aliphatic heterocycles. The lowest BCUT2D eigenvalue weighted by atomic mass is 9.91. The fourth-order valence-corrected chi connectivity index (χ4v) is 4.19. The lowest BCUT2D eigenvalue weighted by Gasteiger charge is -2.24. The van der Waals surface area contributed by atoms with E-state index in [2.05, 4.69) is 67.0 Å². The van der Waals surface area contributed by atoms with E-state index in [0.717, 1.165) is 17.9 Å². The predicted molar refractivity (Wildman–Crippen MR) is 117 cm³/mol. The van der Waals surface area contributed by atoms with Crippen molar-refractivity contribution in [2.75, 3.05) is 14.2 Å². The first kappa shape index (κ1) is 19.3. The van der Waals surface area contributed by atoms with Crippen molar-refractivity contribution >= 4 is 35.7 Å². The summed E-state index contributed by atoms with van der Waals surface area (Å²) in [5.41, 5.74) is 4.92. The van der Waals surface area contributed by atoms with E-state index in [0.29, 0.717) is 6.04 Å². The Morgan fingerprint density at radius 1 is 0.963 bits per heavy atom. The molecule has 0 aliphatic carbocycles. The van der Waals surface area contributed by atoms with Gasteiger partial charge in [-0.15, -0.1) is 0 Å². The molecule has 27 heavy (non-hydrogen) atoms. The van der Waals surface area contributed by atoms with Gasteiger partial charge in [0, 0.05) is 25.5 Å². The van der Waals surface area contributed by atoms with Crippen LogP contribution >= 0.6 is 13.5 Å². The highest BCUT2D eigenvalue weighted by atomic mass is 32.1. The summed E-state index contributed by atoms with van der Waals surface area (Å²) in [5.74, 6) is 1.72. The quantitative estimate of drug-likeness (QED) is 0.592. The monoisotopic (exact) mass is 380 g/mol. The molecule has 1 atom stereocenters. The van der Waals surface area contributed by atoms with Crippen LogP contribution in [0.1, 0.15) is 25.0 Å². The van der Waals surface area contributed by atoms with Gasteiger partial charge in [0.05, 0.1) is 25.2 Å². The zero-order chi connectivity index (χ0) is 18.3. The molecular weight excluding hydrogens is 354 g/mol. The third-order valence-corrected chi connectivity index (χ3v) is 5.32. The molecular formula is C23H26NO2S+. The first-order chi connectivity index (χ1) is 12.6. The predicted octanol–water partition coefficient (Wildman–Crippen LogP) is 5.07. The number of methoxy groups -OCH3 is 2. The maximum Gasteiger partial charge on any atom is 0.213 e. The lowest BCUT2D eigenvalue weighted by molar-refractivity contribution is -0.480. The molecule has 0 N–H and O–H groups in total. The number of benzene rings is 3. The average Bonchev–Trinajstić information content (AvgIpc) is 2.67. The summed E-state index contributed by atoms with van der Waals surface area (Å²) in [4.78, 5) is 0. The van der Waals surface area contributed by atoms with Crippen molar-refractivity contribution in [3.63, 3.8) is 0 Å². The standard InChI is InChI=1S/C23H24NO2.H2S/c1-15-12-18-13-19(25-3)14-22(26-4)23(18)16(2)24(15)21-11-7-9-17-8-5-6-10-20(17)21;/h5-11,13-15H,12H2,1-4H3;1H2/q+1;/t15-;/m0./s1. The number of nitrogens with zero attached hydrogens (tertiary/aromatic N) is 1. The fraction of sp³-hybridized carbons (Fsp3) is 0.261. The molecule has 140 valence electrons. The maximum absolute atomic E-state index is 5.70. The first-order valence-electron chi connectivity index (χ1n) is 9.00. The van der Waals surface area contributed by atoms with E-state index in [1.165, 1.54) is 33.3 Å². The molecule has 4 heteroatoms. The molecule has 0 fully saturated rings. The fourth-order valence-electron chi connectivity index (χ4n) is 4.19. The molecule has 0 aromatic heterocycles. The number of hydrogen-bond donors (Lipinski definition) is 0. The van der Waals surface area contributed by atoms with Gasteiger partial charge in [-0.25, -0.2) is 0 Å². The molecule has 0 amide bonds. The smallest absolute Gasteiger partial charge is 0.213 e. The highest BCUT2D eigenvalue weighted by Gasteiger charge is 2.33.